The molecule has 0 aliphatic heterocycles. The molecule has 0 saturated carbocycles. The monoisotopic (exact) mass is 276 g/mol. The van der Waals surface area contributed by atoms with Gasteiger partial charge in [-0.1, -0.05) is 19.8 Å². The van der Waals surface area contributed by atoms with Crippen LogP contribution < -0.4 is 5.32 Å². The Labute approximate surface area is 115 Å². The van der Waals surface area contributed by atoms with Gasteiger partial charge in [-0.15, -0.1) is 0 Å². The molecule has 1 atom stereocenters. The van der Waals surface area contributed by atoms with Gasteiger partial charge in [0.05, 0.1) is 6.20 Å². The number of aromatic nitrogens is 3. The molecule has 0 spiro atoms. The quantitative estimate of drug-likeness (QED) is 0.823. The van der Waals surface area contributed by atoms with E-state index in [0.29, 0.717) is 12.1 Å². The van der Waals surface area contributed by atoms with Gasteiger partial charge in [-0.2, -0.15) is 5.10 Å². The SMILES string of the molecule is CCCCC(NC(=O)c1cnn2cccnc12)C(=O)O. The zero-order valence-corrected chi connectivity index (χ0v) is 11.1. The third kappa shape index (κ3) is 2.93. The molecule has 2 heterocycles. The summed E-state index contributed by atoms with van der Waals surface area (Å²) in [7, 11) is 0. The highest BCUT2D eigenvalue weighted by atomic mass is 16.4. The normalized spacial score (nSPS) is 12.2. The van der Waals surface area contributed by atoms with Gasteiger partial charge < -0.3 is 10.4 Å². The highest BCUT2D eigenvalue weighted by Gasteiger charge is 2.22. The summed E-state index contributed by atoms with van der Waals surface area (Å²) in [5.41, 5.74) is 0.679. The molecule has 2 aromatic rings. The van der Waals surface area contributed by atoms with E-state index in [0.717, 1.165) is 12.8 Å². The van der Waals surface area contributed by atoms with Crippen LogP contribution in [0.5, 0.6) is 0 Å². The van der Waals surface area contributed by atoms with Crippen molar-refractivity contribution in [1.29, 1.82) is 0 Å². The Morgan fingerprint density at radius 1 is 1.50 bits per heavy atom. The van der Waals surface area contributed by atoms with E-state index < -0.39 is 17.9 Å². The van der Waals surface area contributed by atoms with E-state index in [9.17, 15) is 9.59 Å². The molecule has 0 fully saturated rings. The third-order valence-electron chi connectivity index (χ3n) is 2.97. The van der Waals surface area contributed by atoms with Crippen molar-refractivity contribution in [3.8, 4) is 0 Å². The van der Waals surface area contributed by atoms with E-state index in [1.165, 1.54) is 10.7 Å². The van der Waals surface area contributed by atoms with Gasteiger partial charge in [0.15, 0.2) is 5.65 Å². The van der Waals surface area contributed by atoms with Gasteiger partial charge in [0.2, 0.25) is 0 Å². The Morgan fingerprint density at radius 2 is 2.30 bits per heavy atom. The number of hydrogen-bond acceptors (Lipinski definition) is 4. The molecular weight excluding hydrogens is 260 g/mol. The van der Waals surface area contributed by atoms with Gasteiger partial charge >= 0.3 is 5.97 Å². The molecule has 2 aromatic heterocycles. The van der Waals surface area contributed by atoms with Gasteiger partial charge in [0.25, 0.3) is 5.91 Å². The summed E-state index contributed by atoms with van der Waals surface area (Å²) in [5.74, 6) is -1.50. The third-order valence-corrected chi connectivity index (χ3v) is 2.97. The first-order valence-corrected chi connectivity index (χ1v) is 6.45. The van der Waals surface area contributed by atoms with Crippen LogP contribution in [0.3, 0.4) is 0 Å². The van der Waals surface area contributed by atoms with Crippen molar-refractivity contribution in [2.24, 2.45) is 0 Å². The number of nitrogens with one attached hydrogen (secondary N) is 1. The molecule has 0 bridgehead atoms. The van der Waals surface area contributed by atoms with Crippen LogP contribution in [0.2, 0.25) is 0 Å². The van der Waals surface area contributed by atoms with Crippen molar-refractivity contribution in [3.05, 3.63) is 30.2 Å². The summed E-state index contributed by atoms with van der Waals surface area (Å²) < 4.78 is 1.47. The highest BCUT2D eigenvalue weighted by Crippen LogP contribution is 2.08. The van der Waals surface area contributed by atoms with Crippen LogP contribution in [0.1, 0.15) is 36.5 Å². The lowest BCUT2D eigenvalue weighted by molar-refractivity contribution is -0.139. The van der Waals surface area contributed by atoms with Crippen LogP contribution in [0.15, 0.2) is 24.7 Å². The second-order valence-electron chi connectivity index (χ2n) is 4.45. The van der Waals surface area contributed by atoms with Gasteiger partial charge in [-0.25, -0.2) is 14.3 Å². The van der Waals surface area contributed by atoms with Gasteiger partial charge in [0, 0.05) is 12.4 Å². The van der Waals surface area contributed by atoms with Crippen molar-refractivity contribution in [3.63, 3.8) is 0 Å². The maximum atomic E-state index is 12.1. The standard InChI is InChI=1S/C13H16N4O3/c1-2-3-5-10(13(19)20)16-12(18)9-8-15-17-7-4-6-14-11(9)17/h4,6-8,10H,2-3,5H2,1H3,(H,16,18)(H,19,20). The number of unbranched alkanes of at least 4 members (excludes halogenated alkanes) is 1. The number of carbonyl (C=O) groups excluding carboxylic acids is 1. The Balaban J connectivity index is 2.16. The number of nitrogens with zero attached hydrogens (tertiary/aromatic N) is 3. The van der Waals surface area contributed by atoms with Gasteiger partial charge in [-0.3, -0.25) is 4.79 Å². The Hall–Kier alpha value is -2.44. The summed E-state index contributed by atoms with van der Waals surface area (Å²) in [5, 5.41) is 15.6. The molecule has 0 aliphatic carbocycles. The molecule has 2 rings (SSSR count). The first kappa shape index (κ1) is 14.0. The maximum absolute atomic E-state index is 12.1. The number of fused-ring (bicyclic) bond motifs is 1. The van der Waals surface area contributed by atoms with E-state index in [1.54, 1.807) is 18.5 Å². The highest BCUT2D eigenvalue weighted by molar-refractivity contribution is 6.01. The fourth-order valence-electron chi connectivity index (χ4n) is 1.89. The molecule has 0 radical (unpaired) electrons. The number of carbonyl (C=O) groups is 2. The first-order chi connectivity index (χ1) is 9.63. The molecule has 106 valence electrons. The number of rotatable bonds is 6. The van der Waals surface area contributed by atoms with Crippen molar-refractivity contribution in [2.75, 3.05) is 0 Å². The summed E-state index contributed by atoms with van der Waals surface area (Å²) in [6.45, 7) is 1.97. The summed E-state index contributed by atoms with van der Waals surface area (Å²) in [4.78, 5) is 27.3. The van der Waals surface area contributed by atoms with Crippen LogP contribution >= 0.6 is 0 Å². The predicted molar refractivity (Wildman–Crippen MR) is 71.4 cm³/mol. The zero-order chi connectivity index (χ0) is 14.5. The molecule has 1 unspecified atom stereocenters. The predicted octanol–water partition coefficient (Wildman–Crippen LogP) is 1.10. The van der Waals surface area contributed by atoms with Crippen LogP contribution in [0, 0.1) is 0 Å². The van der Waals surface area contributed by atoms with Gasteiger partial charge in [0.1, 0.15) is 11.6 Å². The Morgan fingerprint density at radius 3 is 3.00 bits per heavy atom. The molecule has 1 amide bonds. The number of carboxylic acid groups (broad SMARTS) is 1. The maximum Gasteiger partial charge on any atom is 0.326 e. The fraction of sp³-hybridized carbons (Fsp3) is 0.385. The van der Waals surface area contributed by atoms with E-state index in [2.05, 4.69) is 15.4 Å². The average molecular weight is 276 g/mol. The van der Waals surface area contributed by atoms with Crippen LogP contribution in [-0.4, -0.2) is 37.6 Å². The number of carboxylic acids is 1. The number of hydrogen-bond donors (Lipinski definition) is 2. The van der Waals surface area contributed by atoms with E-state index in [-0.39, 0.29) is 5.56 Å². The minimum absolute atomic E-state index is 0.272. The Bertz CT molecular complexity index is 623. The van der Waals surface area contributed by atoms with E-state index in [4.69, 9.17) is 5.11 Å². The molecule has 0 saturated heterocycles. The average Bonchev–Trinajstić information content (AvgIpc) is 2.87. The molecule has 7 nitrogen and oxygen atoms in total. The van der Waals surface area contributed by atoms with Crippen LogP contribution in [0.25, 0.3) is 5.65 Å². The smallest absolute Gasteiger partial charge is 0.326 e. The second-order valence-corrected chi connectivity index (χ2v) is 4.45. The summed E-state index contributed by atoms with van der Waals surface area (Å²) in [6.07, 6.45) is 6.63. The Kier molecular flexibility index (Phi) is 4.29. The molecule has 20 heavy (non-hydrogen) atoms. The van der Waals surface area contributed by atoms with Crippen molar-refractivity contribution in [2.45, 2.75) is 32.2 Å². The molecular formula is C13H16N4O3. The molecule has 7 heteroatoms. The number of amides is 1. The lowest BCUT2D eigenvalue weighted by Gasteiger charge is -2.13. The lowest BCUT2D eigenvalue weighted by Crippen LogP contribution is -2.40. The minimum atomic E-state index is -1.03. The summed E-state index contributed by atoms with van der Waals surface area (Å²) >= 11 is 0. The number of aliphatic carboxylic acids is 1. The van der Waals surface area contributed by atoms with E-state index >= 15 is 0 Å². The van der Waals surface area contributed by atoms with Crippen LogP contribution in [0.4, 0.5) is 0 Å². The first-order valence-electron chi connectivity index (χ1n) is 6.45. The lowest BCUT2D eigenvalue weighted by atomic mass is 10.1. The molecule has 0 aliphatic rings. The molecule has 0 aromatic carbocycles. The van der Waals surface area contributed by atoms with Crippen molar-refractivity contribution >= 4 is 17.5 Å². The zero-order valence-electron chi connectivity index (χ0n) is 11.1. The largest absolute Gasteiger partial charge is 0.480 e. The van der Waals surface area contributed by atoms with Crippen LogP contribution in [-0.2, 0) is 4.79 Å². The van der Waals surface area contributed by atoms with Crippen molar-refractivity contribution < 1.29 is 14.7 Å². The van der Waals surface area contributed by atoms with Crippen molar-refractivity contribution in [1.82, 2.24) is 19.9 Å². The molecule has 2 N–H and O–H groups in total. The topological polar surface area (TPSA) is 96.6 Å². The minimum Gasteiger partial charge on any atom is -0.480 e. The van der Waals surface area contributed by atoms with E-state index in [1.807, 2.05) is 6.92 Å². The second kappa shape index (κ2) is 6.14. The fourth-order valence-corrected chi connectivity index (χ4v) is 1.89. The summed E-state index contributed by atoms with van der Waals surface area (Å²) in [6, 6.07) is 0.810. The van der Waals surface area contributed by atoms with Gasteiger partial charge in [-0.05, 0) is 12.5 Å².